The maximum absolute atomic E-state index is 12.7. The molecule has 144 valence electrons. The molecule has 1 aromatic heterocycles. The van der Waals surface area contributed by atoms with Gasteiger partial charge >= 0.3 is 0 Å². The van der Waals surface area contributed by atoms with E-state index in [-0.39, 0.29) is 16.8 Å². The highest BCUT2D eigenvalue weighted by Crippen LogP contribution is 2.18. The number of amides is 1. The fraction of sp³-hybridized carbons (Fsp3) is 0.400. The molecular formula is C20H25N3O3S. The van der Waals surface area contributed by atoms with Crippen LogP contribution in [0, 0.1) is 6.92 Å². The Morgan fingerprint density at radius 3 is 2.48 bits per heavy atom. The molecule has 0 saturated carbocycles. The smallest absolute Gasteiger partial charge is 0.251 e. The van der Waals surface area contributed by atoms with E-state index in [1.165, 1.54) is 11.6 Å². The summed E-state index contributed by atoms with van der Waals surface area (Å²) in [4.78, 5) is 19.2. The number of rotatable bonds is 5. The normalized spacial score (nSPS) is 16.2. The number of carbonyl (C=O) groups excluding carboxylic acids is 1. The van der Waals surface area contributed by atoms with E-state index in [2.05, 4.69) is 15.2 Å². The summed E-state index contributed by atoms with van der Waals surface area (Å²) in [7, 11) is -3.34. The molecule has 0 unspecified atom stereocenters. The zero-order chi connectivity index (χ0) is 19.4. The number of aromatic nitrogens is 1. The molecule has 1 saturated heterocycles. The molecule has 2 heterocycles. The number of likely N-dealkylation sites (tertiary alicyclic amines) is 1. The number of nitrogens with zero attached hydrogens (tertiary/aromatic N) is 2. The Kier molecular flexibility index (Phi) is 5.92. The molecule has 1 aliphatic rings. The summed E-state index contributed by atoms with van der Waals surface area (Å²) < 4.78 is 23.5. The van der Waals surface area contributed by atoms with Crippen LogP contribution in [0.5, 0.6) is 0 Å². The Labute approximate surface area is 160 Å². The summed E-state index contributed by atoms with van der Waals surface area (Å²) in [6.07, 6.45) is 6.51. The van der Waals surface area contributed by atoms with Gasteiger partial charge in [0.1, 0.15) is 0 Å². The lowest BCUT2D eigenvalue weighted by Gasteiger charge is -2.32. The summed E-state index contributed by atoms with van der Waals surface area (Å²) >= 11 is 0. The molecule has 6 nitrogen and oxygen atoms in total. The summed E-state index contributed by atoms with van der Waals surface area (Å²) in [6.45, 7) is 4.53. The van der Waals surface area contributed by atoms with Crippen molar-refractivity contribution in [3.8, 4) is 0 Å². The van der Waals surface area contributed by atoms with E-state index in [9.17, 15) is 13.2 Å². The standard InChI is InChI=1S/C20H25N3O3S/c1-15-3-4-18(27(2,25)26)13-19(15)20(24)22-17-7-11-23(12-8-17)14-16-5-9-21-10-6-16/h3-6,9-10,13,17H,7-8,11-12,14H2,1-2H3,(H,22,24). The first-order chi connectivity index (χ1) is 12.8. The predicted molar refractivity (Wildman–Crippen MR) is 104 cm³/mol. The van der Waals surface area contributed by atoms with Crippen LogP contribution in [0.2, 0.25) is 0 Å². The number of hydrogen-bond acceptors (Lipinski definition) is 5. The molecule has 1 amide bonds. The van der Waals surface area contributed by atoms with Crippen molar-refractivity contribution >= 4 is 15.7 Å². The summed E-state index contributed by atoms with van der Waals surface area (Å²) in [5, 5.41) is 3.07. The van der Waals surface area contributed by atoms with E-state index in [0.29, 0.717) is 5.56 Å². The Morgan fingerprint density at radius 1 is 1.19 bits per heavy atom. The Balaban J connectivity index is 1.58. The zero-order valence-corrected chi connectivity index (χ0v) is 16.5. The monoisotopic (exact) mass is 387 g/mol. The third-order valence-electron chi connectivity index (χ3n) is 4.96. The number of aryl methyl sites for hydroxylation is 1. The zero-order valence-electron chi connectivity index (χ0n) is 15.7. The molecule has 1 fully saturated rings. The fourth-order valence-corrected chi connectivity index (χ4v) is 3.97. The highest BCUT2D eigenvalue weighted by molar-refractivity contribution is 7.90. The Bertz CT molecular complexity index is 905. The first-order valence-corrected chi connectivity index (χ1v) is 10.9. The van der Waals surface area contributed by atoms with Gasteiger partial charge < -0.3 is 5.32 Å². The number of pyridine rings is 1. The van der Waals surface area contributed by atoms with Gasteiger partial charge in [-0.1, -0.05) is 6.07 Å². The summed E-state index contributed by atoms with van der Waals surface area (Å²) in [5.41, 5.74) is 2.44. The average Bonchev–Trinajstić information content (AvgIpc) is 2.63. The van der Waals surface area contributed by atoms with Crippen LogP contribution in [0.15, 0.2) is 47.6 Å². The van der Waals surface area contributed by atoms with Gasteiger partial charge in [-0.05, 0) is 55.2 Å². The van der Waals surface area contributed by atoms with Crippen molar-refractivity contribution in [2.75, 3.05) is 19.3 Å². The van der Waals surface area contributed by atoms with Gasteiger partial charge in [-0.2, -0.15) is 0 Å². The lowest BCUT2D eigenvalue weighted by atomic mass is 10.0. The number of nitrogens with one attached hydrogen (secondary N) is 1. The lowest BCUT2D eigenvalue weighted by molar-refractivity contribution is 0.0908. The highest BCUT2D eigenvalue weighted by atomic mass is 32.2. The summed E-state index contributed by atoms with van der Waals surface area (Å²) in [6, 6.07) is 8.84. The second kappa shape index (κ2) is 8.19. The SMILES string of the molecule is Cc1ccc(S(C)(=O)=O)cc1C(=O)NC1CCN(Cc2ccncc2)CC1. The van der Waals surface area contributed by atoms with Crippen LogP contribution >= 0.6 is 0 Å². The molecule has 0 bridgehead atoms. The van der Waals surface area contributed by atoms with Gasteiger partial charge in [0, 0.05) is 49.9 Å². The van der Waals surface area contributed by atoms with Crippen LogP contribution < -0.4 is 5.32 Å². The Morgan fingerprint density at radius 2 is 1.85 bits per heavy atom. The molecule has 27 heavy (non-hydrogen) atoms. The largest absolute Gasteiger partial charge is 0.349 e. The van der Waals surface area contributed by atoms with Crippen LogP contribution in [0.3, 0.4) is 0 Å². The molecule has 1 N–H and O–H groups in total. The quantitative estimate of drug-likeness (QED) is 0.851. The molecule has 0 spiro atoms. The van der Waals surface area contributed by atoms with Crippen LogP contribution in [0.4, 0.5) is 0 Å². The maximum atomic E-state index is 12.7. The van der Waals surface area contributed by atoms with Gasteiger partial charge in [-0.15, -0.1) is 0 Å². The molecule has 7 heteroatoms. The third-order valence-corrected chi connectivity index (χ3v) is 6.07. The molecule has 3 rings (SSSR count). The van der Waals surface area contributed by atoms with Gasteiger partial charge in [-0.25, -0.2) is 8.42 Å². The number of piperidine rings is 1. The summed E-state index contributed by atoms with van der Waals surface area (Å²) in [5.74, 6) is -0.203. The first-order valence-electron chi connectivity index (χ1n) is 9.06. The van der Waals surface area contributed by atoms with Crippen LogP contribution in [0.25, 0.3) is 0 Å². The molecule has 0 atom stereocenters. The van der Waals surface area contributed by atoms with E-state index < -0.39 is 9.84 Å². The van der Waals surface area contributed by atoms with Crippen molar-refractivity contribution in [3.63, 3.8) is 0 Å². The van der Waals surface area contributed by atoms with Crippen molar-refractivity contribution in [2.24, 2.45) is 0 Å². The van der Waals surface area contributed by atoms with Gasteiger partial charge in [0.15, 0.2) is 9.84 Å². The van der Waals surface area contributed by atoms with Crippen LogP contribution in [-0.2, 0) is 16.4 Å². The van der Waals surface area contributed by atoms with Crippen LogP contribution in [0.1, 0.15) is 34.3 Å². The van der Waals surface area contributed by atoms with Crippen molar-refractivity contribution < 1.29 is 13.2 Å². The van der Waals surface area contributed by atoms with Gasteiger partial charge in [-0.3, -0.25) is 14.7 Å². The fourth-order valence-electron chi connectivity index (χ4n) is 3.32. The van der Waals surface area contributed by atoms with Crippen LogP contribution in [-0.4, -0.2) is 49.6 Å². The predicted octanol–water partition coefficient (Wildman–Crippen LogP) is 2.19. The van der Waals surface area contributed by atoms with Crippen molar-refractivity contribution in [3.05, 3.63) is 59.4 Å². The number of benzene rings is 1. The molecule has 1 aromatic carbocycles. The maximum Gasteiger partial charge on any atom is 0.251 e. The van der Waals surface area contributed by atoms with Gasteiger partial charge in [0.2, 0.25) is 0 Å². The van der Waals surface area contributed by atoms with E-state index in [0.717, 1.165) is 44.3 Å². The van der Waals surface area contributed by atoms with Crippen molar-refractivity contribution in [1.82, 2.24) is 15.2 Å². The molecule has 0 radical (unpaired) electrons. The molecule has 1 aliphatic heterocycles. The molecule has 0 aliphatic carbocycles. The second-order valence-corrected chi connectivity index (χ2v) is 9.14. The van der Waals surface area contributed by atoms with Gasteiger partial charge in [0.25, 0.3) is 5.91 Å². The Hall–Kier alpha value is -2.25. The number of carbonyl (C=O) groups is 1. The molecular weight excluding hydrogens is 362 g/mol. The first kappa shape index (κ1) is 19.5. The topological polar surface area (TPSA) is 79.4 Å². The minimum absolute atomic E-state index is 0.104. The van der Waals surface area contributed by atoms with Crippen molar-refractivity contribution in [1.29, 1.82) is 0 Å². The van der Waals surface area contributed by atoms with E-state index in [1.54, 1.807) is 24.5 Å². The average molecular weight is 388 g/mol. The third kappa shape index (κ3) is 5.14. The minimum atomic E-state index is -3.34. The molecule has 2 aromatic rings. The van der Waals surface area contributed by atoms with E-state index in [1.807, 2.05) is 19.1 Å². The van der Waals surface area contributed by atoms with Gasteiger partial charge in [0.05, 0.1) is 4.90 Å². The lowest BCUT2D eigenvalue weighted by Crippen LogP contribution is -2.44. The van der Waals surface area contributed by atoms with E-state index in [4.69, 9.17) is 0 Å². The second-order valence-electron chi connectivity index (χ2n) is 7.13. The minimum Gasteiger partial charge on any atom is -0.349 e. The number of sulfone groups is 1. The van der Waals surface area contributed by atoms with E-state index >= 15 is 0 Å². The highest BCUT2D eigenvalue weighted by Gasteiger charge is 2.22. The number of hydrogen-bond donors (Lipinski definition) is 1. The van der Waals surface area contributed by atoms with Crippen molar-refractivity contribution in [2.45, 2.75) is 37.2 Å².